The SMILES string of the molecule is Fc1ccc(-c2n[nH]cc2Br)cc1. The minimum Gasteiger partial charge on any atom is -0.284 e. The molecule has 0 atom stereocenters. The monoisotopic (exact) mass is 240 g/mol. The van der Waals surface area contributed by atoms with Crippen LogP contribution >= 0.6 is 15.9 Å². The van der Waals surface area contributed by atoms with E-state index in [9.17, 15) is 4.39 Å². The van der Waals surface area contributed by atoms with Gasteiger partial charge in [0.25, 0.3) is 0 Å². The Balaban J connectivity index is 2.47. The van der Waals surface area contributed by atoms with Crippen molar-refractivity contribution in [2.45, 2.75) is 0 Å². The van der Waals surface area contributed by atoms with Crippen LogP contribution in [0.5, 0.6) is 0 Å². The molecule has 2 rings (SSSR count). The number of halogens is 2. The van der Waals surface area contributed by atoms with Crippen molar-refractivity contribution in [2.75, 3.05) is 0 Å². The summed E-state index contributed by atoms with van der Waals surface area (Å²) >= 11 is 3.33. The summed E-state index contributed by atoms with van der Waals surface area (Å²) in [4.78, 5) is 0. The van der Waals surface area contributed by atoms with Crippen LogP contribution in [-0.4, -0.2) is 10.2 Å². The summed E-state index contributed by atoms with van der Waals surface area (Å²) in [5, 5.41) is 6.74. The Morgan fingerprint density at radius 1 is 1.23 bits per heavy atom. The third-order valence-electron chi connectivity index (χ3n) is 1.71. The van der Waals surface area contributed by atoms with E-state index in [1.807, 2.05) is 0 Å². The second kappa shape index (κ2) is 3.30. The predicted molar refractivity (Wildman–Crippen MR) is 51.7 cm³/mol. The van der Waals surface area contributed by atoms with Gasteiger partial charge in [-0.05, 0) is 40.2 Å². The van der Waals surface area contributed by atoms with E-state index >= 15 is 0 Å². The van der Waals surface area contributed by atoms with E-state index in [-0.39, 0.29) is 5.82 Å². The fraction of sp³-hybridized carbons (Fsp3) is 0. The molecule has 0 bridgehead atoms. The molecule has 0 radical (unpaired) electrons. The standard InChI is InChI=1S/C9H6BrFN2/c10-8-5-12-13-9(8)6-1-3-7(11)4-2-6/h1-5H,(H,12,13). The lowest BCUT2D eigenvalue weighted by Gasteiger charge is -1.96. The van der Waals surface area contributed by atoms with E-state index < -0.39 is 0 Å². The molecule has 1 heterocycles. The topological polar surface area (TPSA) is 28.7 Å². The van der Waals surface area contributed by atoms with Crippen LogP contribution in [0.15, 0.2) is 34.9 Å². The van der Waals surface area contributed by atoms with E-state index in [2.05, 4.69) is 26.1 Å². The summed E-state index contributed by atoms with van der Waals surface area (Å²) in [6.07, 6.45) is 1.73. The first-order valence-electron chi connectivity index (χ1n) is 3.72. The highest BCUT2D eigenvalue weighted by molar-refractivity contribution is 9.10. The van der Waals surface area contributed by atoms with Crippen LogP contribution in [0.3, 0.4) is 0 Å². The van der Waals surface area contributed by atoms with Gasteiger partial charge in [-0.1, -0.05) is 0 Å². The largest absolute Gasteiger partial charge is 0.284 e. The van der Waals surface area contributed by atoms with Gasteiger partial charge in [-0.3, -0.25) is 5.10 Å². The average Bonchev–Trinajstić information content (AvgIpc) is 2.53. The van der Waals surface area contributed by atoms with Crippen molar-refractivity contribution >= 4 is 15.9 Å². The molecule has 0 aliphatic rings. The Morgan fingerprint density at radius 3 is 2.46 bits per heavy atom. The van der Waals surface area contributed by atoms with Gasteiger partial charge < -0.3 is 0 Å². The summed E-state index contributed by atoms with van der Waals surface area (Å²) in [7, 11) is 0. The molecule has 0 saturated carbocycles. The number of benzene rings is 1. The molecule has 2 nitrogen and oxygen atoms in total. The molecule has 2 aromatic rings. The lowest BCUT2D eigenvalue weighted by atomic mass is 10.1. The first kappa shape index (κ1) is 8.44. The second-order valence-electron chi connectivity index (χ2n) is 2.59. The van der Waals surface area contributed by atoms with Crippen molar-refractivity contribution in [3.8, 4) is 11.3 Å². The van der Waals surface area contributed by atoms with Gasteiger partial charge in [-0.25, -0.2) is 4.39 Å². The number of aromatic amines is 1. The zero-order valence-corrected chi connectivity index (χ0v) is 8.18. The van der Waals surface area contributed by atoms with Crippen molar-refractivity contribution in [3.05, 3.63) is 40.8 Å². The molecule has 1 N–H and O–H groups in total. The van der Waals surface area contributed by atoms with Gasteiger partial charge in [0.1, 0.15) is 11.5 Å². The summed E-state index contributed by atoms with van der Waals surface area (Å²) < 4.78 is 13.5. The highest BCUT2D eigenvalue weighted by atomic mass is 79.9. The molecule has 1 aromatic carbocycles. The van der Waals surface area contributed by atoms with Crippen LogP contribution < -0.4 is 0 Å². The molecule has 0 spiro atoms. The number of aromatic nitrogens is 2. The molecule has 0 saturated heterocycles. The highest BCUT2D eigenvalue weighted by Gasteiger charge is 2.04. The Morgan fingerprint density at radius 2 is 1.92 bits per heavy atom. The zero-order valence-electron chi connectivity index (χ0n) is 6.59. The van der Waals surface area contributed by atoms with Crippen molar-refractivity contribution in [1.82, 2.24) is 10.2 Å². The van der Waals surface area contributed by atoms with Crippen LogP contribution in [0.2, 0.25) is 0 Å². The summed E-state index contributed by atoms with van der Waals surface area (Å²) in [6.45, 7) is 0. The smallest absolute Gasteiger partial charge is 0.123 e. The normalized spacial score (nSPS) is 10.3. The third-order valence-corrected chi connectivity index (χ3v) is 2.32. The van der Waals surface area contributed by atoms with Gasteiger partial charge in [0.2, 0.25) is 0 Å². The highest BCUT2D eigenvalue weighted by Crippen LogP contribution is 2.25. The maximum atomic E-state index is 12.6. The molecule has 0 aliphatic carbocycles. The van der Waals surface area contributed by atoms with Crippen molar-refractivity contribution in [3.63, 3.8) is 0 Å². The summed E-state index contributed by atoms with van der Waals surface area (Å²) in [6, 6.07) is 6.21. The first-order valence-corrected chi connectivity index (χ1v) is 4.52. The number of hydrogen-bond acceptors (Lipinski definition) is 1. The molecule has 4 heteroatoms. The average molecular weight is 241 g/mol. The molecule has 1 aromatic heterocycles. The zero-order chi connectivity index (χ0) is 9.26. The van der Waals surface area contributed by atoms with Crippen molar-refractivity contribution < 1.29 is 4.39 Å². The lowest BCUT2D eigenvalue weighted by molar-refractivity contribution is 0.628. The fourth-order valence-electron chi connectivity index (χ4n) is 1.09. The Hall–Kier alpha value is -1.16. The van der Waals surface area contributed by atoms with Gasteiger partial charge in [0.05, 0.1) is 4.47 Å². The van der Waals surface area contributed by atoms with Crippen LogP contribution in [0.1, 0.15) is 0 Å². The van der Waals surface area contributed by atoms with Crippen molar-refractivity contribution in [2.24, 2.45) is 0 Å². The van der Waals surface area contributed by atoms with Crippen LogP contribution in [0, 0.1) is 5.82 Å². The van der Waals surface area contributed by atoms with E-state index in [1.165, 1.54) is 12.1 Å². The quantitative estimate of drug-likeness (QED) is 0.816. The van der Waals surface area contributed by atoms with Gasteiger partial charge in [-0.15, -0.1) is 0 Å². The van der Waals surface area contributed by atoms with E-state index in [4.69, 9.17) is 0 Å². The molecule has 0 unspecified atom stereocenters. The minimum atomic E-state index is -0.240. The molecule has 0 fully saturated rings. The molecule has 66 valence electrons. The second-order valence-corrected chi connectivity index (χ2v) is 3.44. The molecule has 0 amide bonds. The fourth-order valence-corrected chi connectivity index (χ4v) is 1.51. The van der Waals surface area contributed by atoms with E-state index in [0.717, 1.165) is 15.7 Å². The van der Waals surface area contributed by atoms with E-state index in [1.54, 1.807) is 18.3 Å². The molecule has 13 heavy (non-hydrogen) atoms. The van der Waals surface area contributed by atoms with Gasteiger partial charge in [-0.2, -0.15) is 5.10 Å². The van der Waals surface area contributed by atoms with Crippen LogP contribution in [0.4, 0.5) is 4.39 Å². The minimum absolute atomic E-state index is 0.240. The first-order chi connectivity index (χ1) is 6.27. The maximum Gasteiger partial charge on any atom is 0.123 e. The summed E-state index contributed by atoms with van der Waals surface area (Å²) in [5.41, 5.74) is 1.68. The van der Waals surface area contributed by atoms with Gasteiger partial charge >= 0.3 is 0 Å². The number of rotatable bonds is 1. The number of hydrogen-bond donors (Lipinski definition) is 1. The van der Waals surface area contributed by atoms with Gasteiger partial charge in [0, 0.05) is 11.8 Å². The number of nitrogens with one attached hydrogen (secondary N) is 1. The third kappa shape index (κ3) is 1.62. The van der Waals surface area contributed by atoms with Gasteiger partial charge in [0.15, 0.2) is 0 Å². The van der Waals surface area contributed by atoms with Crippen molar-refractivity contribution in [1.29, 1.82) is 0 Å². The van der Waals surface area contributed by atoms with Crippen LogP contribution in [-0.2, 0) is 0 Å². The van der Waals surface area contributed by atoms with Crippen LogP contribution in [0.25, 0.3) is 11.3 Å². The Bertz CT molecular complexity index is 408. The molecular formula is C9H6BrFN2. The Labute approximate surface area is 82.9 Å². The maximum absolute atomic E-state index is 12.6. The molecular weight excluding hydrogens is 235 g/mol. The number of H-pyrrole nitrogens is 1. The predicted octanol–water partition coefficient (Wildman–Crippen LogP) is 2.98. The molecule has 0 aliphatic heterocycles. The Kier molecular flexibility index (Phi) is 2.14. The summed E-state index contributed by atoms with van der Waals surface area (Å²) in [5.74, 6) is -0.240. The number of nitrogens with zero attached hydrogens (tertiary/aromatic N) is 1. The lowest BCUT2D eigenvalue weighted by Crippen LogP contribution is -1.79. The van der Waals surface area contributed by atoms with E-state index in [0.29, 0.717) is 0 Å².